The van der Waals surface area contributed by atoms with Crippen LogP contribution in [0.1, 0.15) is 11.6 Å². The van der Waals surface area contributed by atoms with E-state index in [1.54, 1.807) is 12.1 Å². The summed E-state index contributed by atoms with van der Waals surface area (Å²) in [6, 6.07) is 5.11. The summed E-state index contributed by atoms with van der Waals surface area (Å²) in [6.45, 7) is 0.330. The number of amides is 1. The molecule has 1 aliphatic heterocycles. The van der Waals surface area contributed by atoms with Crippen LogP contribution in [0.15, 0.2) is 18.2 Å². The van der Waals surface area contributed by atoms with Crippen molar-refractivity contribution in [2.45, 2.75) is 6.04 Å². The molecular formula is C9H7Cl2NO2. The SMILES string of the molecule is O=C1NC(c2ccc(Cl)c(Cl)c2)CO1. The molecule has 1 amide bonds. The van der Waals surface area contributed by atoms with Crippen LogP contribution in [-0.4, -0.2) is 12.7 Å². The van der Waals surface area contributed by atoms with Crippen molar-refractivity contribution in [3.05, 3.63) is 33.8 Å². The summed E-state index contributed by atoms with van der Waals surface area (Å²) in [7, 11) is 0. The molecule has 1 saturated heterocycles. The van der Waals surface area contributed by atoms with E-state index in [4.69, 9.17) is 27.9 Å². The van der Waals surface area contributed by atoms with E-state index in [0.29, 0.717) is 16.7 Å². The van der Waals surface area contributed by atoms with Gasteiger partial charge in [-0.3, -0.25) is 0 Å². The van der Waals surface area contributed by atoms with E-state index in [2.05, 4.69) is 5.32 Å². The van der Waals surface area contributed by atoms with E-state index in [-0.39, 0.29) is 6.04 Å². The van der Waals surface area contributed by atoms with Gasteiger partial charge in [0.1, 0.15) is 6.61 Å². The van der Waals surface area contributed by atoms with Crippen molar-refractivity contribution in [3.8, 4) is 0 Å². The quantitative estimate of drug-likeness (QED) is 0.808. The third-order valence-electron chi connectivity index (χ3n) is 2.02. The monoisotopic (exact) mass is 231 g/mol. The molecule has 74 valence electrons. The van der Waals surface area contributed by atoms with E-state index in [1.807, 2.05) is 6.07 Å². The van der Waals surface area contributed by atoms with Gasteiger partial charge in [0.2, 0.25) is 0 Å². The number of cyclic esters (lactones) is 1. The fourth-order valence-corrected chi connectivity index (χ4v) is 1.60. The lowest BCUT2D eigenvalue weighted by Crippen LogP contribution is -2.18. The fourth-order valence-electron chi connectivity index (χ4n) is 1.29. The first kappa shape index (κ1) is 9.62. The fraction of sp³-hybridized carbons (Fsp3) is 0.222. The summed E-state index contributed by atoms with van der Waals surface area (Å²) in [5.74, 6) is 0. The number of carbonyl (C=O) groups excluding carboxylic acids is 1. The molecule has 1 N–H and O–H groups in total. The minimum Gasteiger partial charge on any atom is -0.447 e. The van der Waals surface area contributed by atoms with Crippen molar-refractivity contribution >= 4 is 29.3 Å². The second kappa shape index (κ2) is 3.67. The minimum atomic E-state index is -0.402. The molecule has 0 bridgehead atoms. The molecule has 1 fully saturated rings. The molecule has 0 aliphatic carbocycles. The Labute approximate surface area is 91.0 Å². The zero-order chi connectivity index (χ0) is 10.1. The summed E-state index contributed by atoms with van der Waals surface area (Å²) in [6.07, 6.45) is -0.402. The van der Waals surface area contributed by atoms with Gasteiger partial charge in [0.25, 0.3) is 0 Å². The normalized spacial score (nSPS) is 20.4. The summed E-state index contributed by atoms with van der Waals surface area (Å²) in [5.41, 5.74) is 0.894. The smallest absolute Gasteiger partial charge is 0.407 e. The van der Waals surface area contributed by atoms with Crippen LogP contribution in [0, 0.1) is 0 Å². The van der Waals surface area contributed by atoms with E-state index in [0.717, 1.165) is 5.56 Å². The lowest BCUT2D eigenvalue weighted by Gasteiger charge is -2.08. The van der Waals surface area contributed by atoms with Gasteiger partial charge in [0, 0.05) is 0 Å². The van der Waals surface area contributed by atoms with E-state index in [1.165, 1.54) is 0 Å². The molecule has 0 aromatic heterocycles. The molecule has 1 aromatic carbocycles. The number of hydrogen-bond acceptors (Lipinski definition) is 2. The topological polar surface area (TPSA) is 38.3 Å². The highest BCUT2D eigenvalue weighted by Gasteiger charge is 2.23. The molecule has 0 spiro atoms. The highest BCUT2D eigenvalue weighted by Crippen LogP contribution is 2.27. The van der Waals surface area contributed by atoms with Gasteiger partial charge in [-0.25, -0.2) is 4.79 Å². The van der Waals surface area contributed by atoms with Crippen molar-refractivity contribution in [2.75, 3.05) is 6.61 Å². The molecule has 1 atom stereocenters. The van der Waals surface area contributed by atoms with Crippen molar-refractivity contribution in [2.24, 2.45) is 0 Å². The summed E-state index contributed by atoms with van der Waals surface area (Å²) in [4.78, 5) is 10.8. The first-order valence-corrected chi connectivity index (χ1v) is 4.80. The Morgan fingerprint density at radius 1 is 1.36 bits per heavy atom. The van der Waals surface area contributed by atoms with Crippen molar-refractivity contribution in [1.82, 2.24) is 5.32 Å². The number of rotatable bonds is 1. The molecule has 0 saturated carbocycles. The first-order valence-electron chi connectivity index (χ1n) is 4.05. The number of halogens is 2. The Hall–Kier alpha value is -0.930. The lowest BCUT2D eigenvalue weighted by atomic mass is 10.1. The van der Waals surface area contributed by atoms with Gasteiger partial charge in [-0.15, -0.1) is 0 Å². The highest BCUT2D eigenvalue weighted by atomic mass is 35.5. The van der Waals surface area contributed by atoms with Gasteiger partial charge in [-0.05, 0) is 17.7 Å². The predicted octanol–water partition coefficient (Wildman–Crippen LogP) is 2.77. The van der Waals surface area contributed by atoms with Gasteiger partial charge in [0.15, 0.2) is 0 Å². The first-order chi connectivity index (χ1) is 6.66. The van der Waals surface area contributed by atoms with Crippen LogP contribution in [0.25, 0.3) is 0 Å². The second-order valence-corrected chi connectivity index (χ2v) is 3.78. The maximum absolute atomic E-state index is 10.8. The highest BCUT2D eigenvalue weighted by molar-refractivity contribution is 6.42. The van der Waals surface area contributed by atoms with E-state index >= 15 is 0 Å². The van der Waals surface area contributed by atoms with Gasteiger partial charge in [-0.1, -0.05) is 29.3 Å². The van der Waals surface area contributed by atoms with Gasteiger partial charge < -0.3 is 10.1 Å². The summed E-state index contributed by atoms with van der Waals surface area (Å²) >= 11 is 11.6. The number of benzene rings is 1. The number of hydrogen-bond donors (Lipinski definition) is 1. The molecule has 5 heteroatoms. The van der Waals surface area contributed by atoms with E-state index < -0.39 is 6.09 Å². The van der Waals surface area contributed by atoms with Crippen molar-refractivity contribution in [3.63, 3.8) is 0 Å². The van der Waals surface area contributed by atoms with Crippen LogP contribution in [0.5, 0.6) is 0 Å². The summed E-state index contributed by atoms with van der Waals surface area (Å²) in [5, 5.41) is 3.63. The largest absolute Gasteiger partial charge is 0.447 e. The molecule has 2 rings (SSSR count). The van der Waals surface area contributed by atoms with Gasteiger partial charge in [-0.2, -0.15) is 0 Å². The molecule has 14 heavy (non-hydrogen) atoms. The van der Waals surface area contributed by atoms with Crippen LogP contribution >= 0.6 is 23.2 Å². The Kier molecular flexibility index (Phi) is 2.52. The Morgan fingerprint density at radius 3 is 2.71 bits per heavy atom. The minimum absolute atomic E-state index is 0.128. The molecule has 1 heterocycles. The number of alkyl carbamates (subject to hydrolysis) is 1. The van der Waals surface area contributed by atoms with Crippen LogP contribution in [0.3, 0.4) is 0 Å². The molecule has 0 radical (unpaired) electrons. The second-order valence-electron chi connectivity index (χ2n) is 2.97. The Bertz CT molecular complexity index is 381. The Balaban J connectivity index is 2.24. The maximum atomic E-state index is 10.8. The van der Waals surface area contributed by atoms with Crippen LogP contribution < -0.4 is 5.32 Å². The van der Waals surface area contributed by atoms with Gasteiger partial charge in [0.05, 0.1) is 16.1 Å². The maximum Gasteiger partial charge on any atom is 0.407 e. The molecule has 1 unspecified atom stereocenters. The van der Waals surface area contributed by atoms with Crippen molar-refractivity contribution < 1.29 is 9.53 Å². The number of ether oxygens (including phenoxy) is 1. The zero-order valence-corrected chi connectivity index (χ0v) is 8.60. The molecule has 1 aromatic rings. The average molecular weight is 232 g/mol. The lowest BCUT2D eigenvalue weighted by molar-refractivity contribution is 0.177. The number of carbonyl (C=O) groups is 1. The third kappa shape index (κ3) is 1.79. The zero-order valence-electron chi connectivity index (χ0n) is 7.09. The van der Waals surface area contributed by atoms with Crippen LogP contribution in [0.2, 0.25) is 10.0 Å². The predicted molar refractivity (Wildman–Crippen MR) is 53.7 cm³/mol. The van der Waals surface area contributed by atoms with Crippen molar-refractivity contribution in [1.29, 1.82) is 0 Å². The molecule has 3 nitrogen and oxygen atoms in total. The molecular weight excluding hydrogens is 225 g/mol. The molecule has 1 aliphatic rings. The Morgan fingerprint density at radius 2 is 2.14 bits per heavy atom. The standard InChI is InChI=1S/C9H7Cl2NO2/c10-6-2-1-5(3-7(6)11)8-4-14-9(13)12-8/h1-3,8H,4H2,(H,12,13). The van der Waals surface area contributed by atoms with Crippen LogP contribution in [-0.2, 0) is 4.74 Å². The van der Waals surface area contributed by atoms with Gasteiger partial charge >= 0.3 is 6.09 Å². The van der Waals surface area contributed by atoms with E-state index in [9.17, 15) is 4.79 Å². The third-order valence-corrected chi connectivity index (χ3v) is 2.76. The summed E-state index contributed by atoms with van der Waals surface area (Å²) < 4.78 is 4.76. The average Bonchev–Trinajstić information content (AvgIpc) is 2.57. The number of nitrogens with one attached hydrogen (secondary N) is 1. The van der Waals surface area contributed by atoms with Crippen LogP contribution in [0.4, 0.5) is 4.79 Å².